The monoisotopic (exact) mass is 419 g/mol. The summed E-state index contributed by atoms with van der Waals surface area (Å²) in [6, 6.07) is 8.70. The van der Waals surface area contributed by atoms with E-state index in [1.807, 2.05) is 24.3 Å². The first-order chi connectivity index (χ1) is 12.5. The fourth-order valence-electron chi connectivity index (χ4n) is 2.15. The Bertz CT molecular complexity index is 919. The van der Waals surface area contributed by atoms with Gasteiger partial charge < -0.3 is 15.2 Å². The molecule has 0 radical (unpaired) electrons. The number of aromatic carboxylic acids is 1. The molecule has 0 saturated heterocycles. The lowest BCUT2D eigenvalue weighted by atomic mass is 10.3. The number of hydrogen-bond acceptors (Lipinski definition) is 5. The first-order valence-electron chi connectivity index (χ1n) is 7.47. The molecule has 0 unspecified atom stereocenters. The van der Waals surface area contributed by atoms with Gasteiger partial charge in [-0.1, -0.05) is 15.9 Å². The topological polar surface area (TPSA) is 111 Å². The zero-order chi connectivity index (χ0) is 18.5. The molecular formula is C16H14BrN5O4. The van der Waals surface area contributed by atoms with Crippen LogP contribution in [0.3, 0.4) is 0 Å². The van der Waals surface area contributed by atoms with Crippen LogP contribution in [0.4, 0.5) is 5.69 Å². The smallest absolute Gasteiger partial charge is 0.354 e. The SMILES string of the molecule is O=C(Cn1nccc1C(=O)O)Nc1cnn(COc2ccc(Br)cc2)c1. The van der Waals surface area contributed by atoms with Gasteiger partial charge in [0.05, 0.1) is 18.1 Å². The summed E-state index contributed by atoms with van der Waals surface area (Å²) in [7, 11) is 0. The average Bonchev–Trinajstić information content (AvgIpc) is 3.23. The summed E-state index contributed by atoms with van der Waals surface area (Å²) in [5.41, 5.74) is 0.414. The highest BCUT2D eigenvalue weighted by Gasteiger charge is 2.13. The molecule has 0 bridgehead atoms. The van der Waals surface area contributed by atoms with Crippen molar-refractivity contribution in [1.82, 2.24) is 19.6 Å². The Morgan fingerprint density at radius 1 is 1.19 bits per heavy atom. The molecule has 0 atom stereocenters. The van der Waals surface area contributed by atoms with Gasteiger partial charge in [-0.2, -0.15) is 10.2 Å². The zero-order valence-electron chi connectivity index (χ0n) is 13.4. The molecule has 3 rings (SSSR count). The van der Waals surface area contributed by atoms with Crippen LogP contribution >= 0.6 is 15.9 Å². The second-order valence-electron chi connectivity index (χ2n) is 5.22. The molecule has 0 spiro atoms. The number of aromatic nitrogens is 4. The first-order valence-corrected chi connectivity index (χ1v) is 8.26. The molecule has 134 valence electrons. The number of carbonyl (C=O) groups excluding carboxylic acids is 1. The van der Waals surface area contributed by atoms with Crippen molar-refractivity contribution in [3.63, 3.8) is 0 Å². The zero-order valence-corrected chi connectivity index (χ0v) is 15.0. The van der Waals surface area contributed by atoms with Crippen molar-refractivity contribution in [2.45, 2.75) is 13.3 Å². The lowest BCUT2D eigenvalue weighted by molar-refractivity contribution is -0.116. The van der Waals surface area contributed by atoms with Crippen LogP contribution in [-0.2, 0) is 18.1 Å². The molecule has 10 heteroatoms. The maximum atomic E-state index is 12.0. The van der Waals surface area contributed by atoms with Crippen LogP contribution < -0.4 is 10.1 Å². The van der Waals surface area contributed by atoms with Gasteiger partial charge in [0.2, 0.25) is 5.91 Å². The fourth-order valence-corrected chi connectivity index (χ4v) is 2.41. The van der Waals surface area contributed by atoms with E-state index < -0.39 is 11.9 Å². The van der Waals surface area contributed by atoms with Crippen molar-refractivity contribution < 1.29 is 19.4 Å². The minimum absolute atomic E-state index is 0.0567. The van der Waals surface area contributed by atoms with Crippen LogP contribution in [0.25, 0.3) is 0 Å². The van der Waals surface area contributed by atoms with Gasteiger partial charge in [-0.3, -0.25) is 4.79 Å². The second-order valence-corrected chi connectivity index (χ2v) is 6.14. The minimum atomic E-state index is -1.15. The van der Waals surface area contributed by atoms with Gasteiger partial charge in [-0.25, -0.2) is 14.2 Å². The quantitative estimate of drug-likeness (QED) is 0.607. The lowest BCUT2D eigenvalue weighted by Gasteiger charge is -2.06. The molecule has 9 nitrogen and oxygen atoms in total. The molecule has 1 amide bonds. The number of halogens is 1. The molecule has 3 aromatic rings. The third-order valence-corrected chi connectivity index (χ3v) is 3.85. The van der Waals surface area contributed by atoms with Crippen molar-refractivity contribution in [2.24, 2.45) is 0 Å². The van der Waals surface area contributed by atoms with Crippen molar-refractivity contribution in [2.75, 3.05) is 5.32 Å². The molecule has 0 aliphatic rings. The molecule has 0 fully saturated rings. The molecule has 0 aliphatic carbocycles. The number of carboxylic acids is 1. The Balaban J connectivity index is 1.54. The molecule has 26 heavy (non-hydrogen) atoms. The Hall–Kier alpha value is -3.14. The third kappa shape index (κ3) is 4.48. The number of hydrogen-bond donors (Lipinski definition) is 2. The van der Waals surface area contributed by atoms with E-state index in [0.29, 0.717) is 11.4 Å². The summed E-state index contributed by atoms with van der Waals surface area (Å²) >= 11 is 3.35. The van der Waals surface area contributed by atoms with Crippen molar-refractivity contribution in [3.8, 4) is 5.75 Å². The molecule has 1 aromatic carbocycles. The van der Waals surface area contributed by atoms with Gasteiger partial charge in [0.25, 0.3) is 0 Å². The van der Waals surface area contributed by atoms with Crippen LogP contribution in [0.1, 0.15) is 10.5 Å². The van der Waals surface area contributed by atoms with Crippen LogP contribution in [-0.4, -0.2) is 36.5 Å². The summed E-state index contributed by atoms with van der Waals surface area (Å²) < 4.78 is 9.17. The summed E-state index contributed by atoms with van der Waals surface area (Å²) in [5.74, 6) is -0.869. The van der Waals surface area contributed by atoms with Gasteiger partial charge in [0.1, 0.15) is 18.0 Å². The Kier molecular flexibility index (Phi) is 5.32. The van der Waals surface area contributed by atoms with Crippen LogP contribution in [0.5, 0.6) is 5.75 Å². The maximum Gasteiger partial charge on any atom is 0.354 e. The highest BCUT2D eigenvalue weighted by atomic mass is 79.9. The van der Waals surface area contributed by atoms with E-state index in [2.05, 4.69) is 31.4 Å². The highest BCUT2D eigenvalue weighted by Crippen LogP contribution is 2.16. The standard InChI is InChI=1S/C16H14BrN5O4/c17-11-1-3-13(4-2-11)26-10-21-8-12(7-19-21)20-15(23)9-22-14(16(24)25)5-6-18-22/h1-8H,9-10H2,(H,20,23)(H,24,25). The Labute approximate surface area is 156 Å². The van der Waals surface area contributed by atoms with Gasteiger partial charge in [-0.05, 0) is 30.3 Å². The van der Waals surface area contributed by atoms with Gasteiger partial charge in [0.15, 0.2) is 6.73 Å². The summed E-state index contributed by atoms with van der Waals surface area (Å²) in [6.45, 7) is -0.0327. The van der Waals surface area contributed by atoms with Gasteiger partial charge >= 0.3 is 5.97 Å². The normalized spacial score (nSPS) is 10.5. The van der Waals surface area contributed by atoms with Crippen LogP contribution in [0, 0.1) is 0 Å². The number of ether oxygens (including phenoxy) is 1. The Morgan fingerprint density at radius 3 is 2.69 bits per heavy atom. The second kappa shape index (κ2) is 7.83. The van der Waals surface area contributed by atoms with Crippen LogP contribution in [0.2, 0.25) is 0 Å². The summed E-state index contributed by atoms with van der Waals surface area (Å²) in [4.78, 5) is 23.0. The first kappa shape index (κ1) is 17.7. The van der Waals surface area contributed by atoms with Crippen molar-refractivity contribution >= 4 is 33.5 Å². The number of benzene rings is 1. The van der Waals surface area contributed by atoms with Crippen molar-refractivity contribution in [1.29, 1.82) is 0 Å². The largest absolute Gasteiger partial charge is 0.477 e. The van der Waals surface area contributed by atoms with E-state index in [9.17, 15) is 9.59 Å². The van der Waals surface area contributed by atoms with E-state index in [1.54, 1.807) is 6.20 Å². The number of carboxylic acid groups (broad SMARTS) is 1. The molecule has 2 N–H and O–H groups in total. The number of anilines is 1. The van der Waals surface area contributed by atoms with E-state index in [0.717, 1.165) is 9.15 Å². The van der Waals surface area contributed by atoms with E-state index in [-0.39, 0.29) is 19.0 Å². The highest BCUT2D eigenvalue weighted by molar-refractivity contribution is 9.10. The fraction of sp³-hybridized carbons (Fsp3) is 0.125. The minimum Gasteiger partial charge on any atom is -0.477 e. The predicted octanol–water partition coefficient (Wildman–Crippen LogP) is 2.22. The average molecular weight is 420 g/mol. The lowest BCUT2D eigenvalue weighted by Crippen LogP contribution is -2.22. The van der Waals surface area contributed by atoms with Crippen LogP contribution in [0.15, 0.2) is 53.4 Å². The maximum absolute atomic E-state index is 12.0. The Morgan fingerprint density at radius 2 is 1.96 bits per heavy atom. The molecule has 2 heterocycles. The number of carbonyl (C=O) groups is 2. The van der Waals surface area contributed by atoms with Gasteiger partial charge in [-0.15, -0.1) is 0 Å². The molecule has 2 aromatic heterocycles. The van der Waals surface area contributed by atoms with E-state index in [1.165, 1.54) is 23.1 Å². The molecule has 0 saturated carbocycles. The third-order valence-electron chi connectivity index (χ3n) is 3.32. The predicted molar refractivity (Wildman–Crippen MR) is 94.8 cm³/mol. The van der Waals surface area contributed by atoms with Crippen molar-refractivity contribution in [3.05, 3.63) is 59.1 Å². The van der Waals surface area contributed by atoms with E-state index in [4.69, 9.17) is 9.84 Å². The number of rotatable bonds is 7. The summed E-state index contributed by atoms with van der Waals surface area (Å²) in [6.07, 6.45) is 4.41. The molecule has 0 aliphatic heterocycles. The molecular weight excluding hydrogens is 406 g/mol. The van der Waals surface area contributed by atoms with Gasteiger partial charge in [0, 0.05) is 10.7 Å². The number of nitrogens with zero attached hydrogens (tertiary/aromatic N) is 4. The number of nitrogens with one attached hydrogen (secondary N) is 1. The number of amides is 1. The van der Waals surface area contributed by atoms with E-state index >= 15 is 0 Å². The summed E-state index contributed by atoms with van der Waals surface area (Å²) in [5, 5.41) is 19.6.